The number of rotatable bonds is 4. The summed E-state index contributed by atoms with van der Waals surface area (Å²) >= 11 is 7.32. The highest BCUT2D eigenvalue weighted by atomic mass is 35.5. The van der Waals surface area contributed by atoms with E-state index >= 15 is 0 Å². The maximum atomic E-state index is 14.3. The van der Waals surface area contributed by atoms with Crippen LogP contribution in [-0.2, 0) is 16.1 Å². The van der Waals surface area contributed by atoms with Gasteiger partial charge >= 0.3 is 0 Å². The topological polar surface area (TPSA) is 38.3 Å². The van der Waals surface area contributed by atoms with Crippen molar-refractivity contribution in [1.82, 2.24) is 5.32 Å². The molecule has 0 bridgehead atoms. The second kappa shape index (κ2) is 7.93. The van der Waals surface area contributed by atoms with Gasteiger partial charge in [0, 0.05) is 22.9 Å². The lowest BCUT2D eigenvalue weighted by Gasteiger charge is -2.18. The predicted octanol–water partition coefficient (Wildman–Crippen LogP) is 4.76. The summed E-state index contributed by atoms with van der Waals surface area (Å²) in [5.41, 5.74) is 2.02. The molecule has 0 saturated heterocycles. The molecule has 1 amide bonds. The Kier molecular flexibility index (Phi) is 5.66. The zero-order chi connectivity index (χ0) is 17.8. The van der Waals surface area contributed by atoms with E-state index in [4.69, 9.17) is 16.3 Å². The number of halogens is 2. The number of hydrogen-bond acceptors (Lipinski definition) is 3. The van der Waals surface area contributed by atoms with Crippen molar-refractivity contribution in [3.8, 4) is 11.1 Å². The van der Waals surface area contributed by atoms with E-state index in [1.165, 1.54) is 17.8 Å². The molecule has 2 aromatic rings. The molecule has 0 aliphatic carbocycles. The average Bonchev–Trinajstić information content (AvgIpc) is 2.60. The Morgan fingerprint density at radius 2 is 2.08 bits per heavy atom. The van der Waals surface area contributed by atoms with Gasteiger partial charge in [-0.1, -0.05) is 35.9 Å². The summed E-state index contributed by atoms with van der Waals surface area (Å²) in [6.45, 7) is 2.71. The van der Waals surface area contributed by atoms with E-state index in [2.05, 4.69) is 5.32 Å². The molecule has 0 aromatic heterocycles. The Hall–Kier alpha value is -1.98. The van der Waals surface area contributed by atoms with Crippen molar-refractivity contribution >= 4 is 29.3 Å². The smallest absolute Gasteiger partial charge is 0.261 e. The number of amides is 1. The molecule has 3 rings (SSSR count). The van der Waals surface area contributed by atoms with E-state index in [-0.39, 0.29) is 11.7 Å². The minimum Gasteiger partial charge on any atom is -0.496 e. The molecule has 25 heavy (non-hydrogen) atoms. The summed E-state index contributed by atoms with van der Waals surface area (Å²) < 4.78 is 19.7. The number of benzene rings is 2. The highest BCUT2D eigenvalue weighted by Crippen LogP contribution is 2.29. The van der Waals surface area contributed by atoms with Crippen LogP contribution in [0.4, 0.5) is 4.39 Å². The lowest BCUT2D eigenvalue weighted by Crippen LogP contribution is -2.26. The maximum Gasteiger partial charge on any atom is 0.261 e. The fourth-order valence-electron chi connectivity index (χ4n) is 2.63. The van der Waals surface area contributed by atoms with Crippen LogP contribution in [-0.4, -0.2) is 18.3 Å². The Balaban J connectivity index is 1.81. The van der Waals surface area contributed by atoms with Crippen molar-refractivity contribution in [2.24, 2.45) is 0 Å². The second-order valence-electron chi connectivity index (χ2n) is 5.55. The molecular weight excluding hydrogens is 361 g/mol. The minimum atomic E-state index is -0.388. The van der Waals surface area contributed by atoms with Crippen LogP contribution in [0.25, 0.3) is 11.1 Å². The number of allylic oxidation sites excluding steroid dienone is 1. The number of nitrogens with one attached hydrogen (secondary N) is 1. The Morgan fingerprint density at radius 1 is 1.28 bits per heavy atom. The summed E-state index contributed by atoms with van der Waals surface area (Å²) in [5.74, 6) is 0.840. The lowest BCUT2D eigenvalue weighted by atomic mass is 9.99. The number of hydrogen-bond donors (Lipinski definition) is 1. The van der Waals surface area contributed by atoms with Gasteiger partial charge in [-0.15, -0.1) is 11.8 Å². The normalized spacial score (nSPS) is 14.2. The fraction of sp³-hybridized carbons (Fsp3) is 0.211. The fourth-order valence-corrected chi connectivity index (χ4v) is 3.63. The Bertz CT molecular complexity index is 838. The number of thioether (sulfide) groups is 1. The first kappa shape index (κ1) is 17.8. The number of carbonyl (C=O) groups is 1. The van der Waals surface area contributed by atoms with E-state index in [1.54, 1.807) is 19.1 Å². The summed E-state index contributed by atoms with van der Waals surface area (Å²) in [4.78, 5) is 13.0. The van der Waals surface area contributed by atoms with E-state index < -0.39 is 0 Å². The van der Waals surface area contributed by atoms with Crippen LogP contribution in [0.2, 0.25) is 5.02 Å². The van der Waals surface area contributed by atoms with Crippen LogP contribution in [0.15, 0.2) is 53.1 Å². The third-order valence-corrected chi connectivity index (χ3v) is 5.22. The monoisotopic (exact) mass is 377 g/mol. The van der Waals surface area contributed by atoms with Crippen molar-refractivity contribution in [1.29, 1.82) is 0 Å². The first-order chi connectivity index (χ1) is 12.1. The molecule has 2 aromatic carbocycles. The van der Waals surface area contributed by atoms with Crippen LogP contribution in [0.5, 0.6) is 0 Å². The quantitative estimate of drug-likeness (QED) is 0.835. The van der Waals surface area contributed by atoms with Gasteiger partial charge in [0.1, 0.15) is 16.5 Å². The zero-order valence-corrected chi connectivity index (χ0v) is 15.2. The largest absolute Gasteiger partial charge is 0.496 e. The summed E-state index contributed by atoms with van der Waals surface area (Å²) in [7, 11) is 0. The summed E-state index contributed by atoms with van der Waals surface area (Å²) in [6, 6.07) is 12.0. The SMILES string of the molecule is CC1=C(C(=O)NCc2ccccc2-c2ccc(Cl)cc2F)SCCO1. The molecule has 0 atom stereocenters. The molecule has 1 aliphatic heterocycles. The van der Waals surface area contributed by atoms with Crippen molar-refractivity contribution in [2.75, 3.05) is 12.4 Å². The van der Waals surface area contributed by atoms with Crippen LogP contribution in [0, 0.1) is 5.82 Å². The molecule has 1 aliphatic rings. The molecule has 0 unspecified atom stereocenters. The molecule has 0 saturated carbocycles. The van der Waals surface area contributed by atoms with Gasteiger partial charge in [0.25, 0.3) is 5.91 Å². The van der Waals surface area contributed by atoms with Gasteiger partial charge in [-0.25, -0.2) is 4.39 Å². The number of ether oxygens (including phenoxy) is 1. The standard InChI is InChI=1S/C19H17ClFNO2S/c1-12-18(25-9-8-24-12)19(23)22-11-13-4-2-3-5-15(13)16-7-6-14(20)10-17(16)21/h2-7,10H,8-9,11H2,1H3,(H,22,23). The van der Waals surface area contributed by atoms with Crippen molar-refractivity contribution in [2.45, 2.75) is 13.5 Å². The number of carbonyl (C=O) groups excluding carboxylic acids is 1. The molecule has 6 heteroatoms. The van der Waals surface area contributed by atoms with Gasteiger partial charge in [-0.05, 0) is 36.2 Å². The van der Waals surface area contributed by atoms with Crippen molar-refractivity contribution in [3.05, 3.63) is 69.5 Å². The lowest BCUT2D eigenvalue weighted by molar-refractivity contribution is -0.117. The third kappa shape index (κ3) is 4.17. The van der Waals surface area contributed by atoms with Gasteiger partial charge in [-0.3, -0.25) is 4.79 Å². The molecule has 0 radical (unpaired) electrons. The zero-order valence-electron chi connectivity index (χ0n) is 13.6. The van der Waals surface area contributed by atoms with Crippen LogP contribution in [0.1, 0.15) is 12.5 Å². The average molecular weight is 378 g/mol. The van der Waals surface area contributed by atoms with E-state index in [9.17, 15) is 9.18 Å². The molecular formula is C19H17ClFNO2S. The van der Waals surface area contributed by atoms with E-state index in [0.29, 0.717) is 34.4 Å². The Morgan fingerprint density at radius 3 is 2.84 bits per heavy atom. The van der Waals surface area contributed by atoms with Crippen molar-refractivity contribution < 1.29 is 13.9 Å². The van der Waals surface area contributed by atoms with Crippen LogP contribution >= 0.6 is 23.4 Å². The van der Waals surface area contributed by atoms with Gasteiger partial charge in [-0.2, -0.15) is 0 Å². The molecule has 3 nitrogen and oxygen atoms in total. The van der Waals surface area contributed by atoms with E-state index in [0.717, 1.165) is 16.9 Å². The maximum absolute atomic E-state index is 14.3. The summed E-state index contributed by atoms with van der Waals surface area (Å²) in [5, 5.41) is 3.24. The van der Waals surface area contributed by atoms with Gasteiger partial charge < -0.3 is 10.1 Å². The first-order valence-corrected chi connectivity index (χ1v) is 9.20. The van der Waals surface area contributed by atoms with Gasteiger partial charge in [0.15, 0.2) is 0 Å². The van der Waals surface area contributed by atoms with E-state index in [1.807, 2.05) is 24.3 Å². The minimum absolute atomic E-state index is 0.173. The third-order valence-electron chi connectivity index (χ3n) is 3.85. The molecule has 130 valence electrons. The predicted molar refractivity (Wildman–Crippen MR) is 99.8 cm³/mol. The highest BCUT2D eigenvalue weighted by molar-refractivity contribution is 8.04. The Labute approximate surface area is 155 Å². The molecule has 0 spiro atoms. The second-order valence-corrected chi connectivity index (χ2v) is 7.09. The van der Waals surface area contributed by atoms with Crippen LogP contribution in [0.3, 0.4) is 0 Å². The van der Waals surface area contributed by atoms with Crippen LogP contribution < -0.4 is 5.32 Å². The van der Waals surface area contributed by atoms with Gasteiger partial charge in [0.2, 0.25) is 0 Å². The highest BCUT2D eigenvalue weighted by Gasteiger charge is 2.19. The molecule has 1 heterocycles. The molecule has 0 fully saturated rings. The van der Waals surface area contributed by atoms with Crippen molar-refractivity contribution in [3.63, 3.8) is 0 Å². The first-order valence-electron chi connectivity index (χ1n) is 7.84. The van der Waals surface area contributed by atoms with Gasteiger partial charge in [0.05, 0.1) is 6.61 Å². The molecule has 1 N–H and O–H groups in total. The summed E-state index contributed by atoms with van der Waals surface area (Å²) in [6.07, 6.45) is 0.